The maximum absolute atomic E-state index is 11.0. The molecule has 82 valence electrons. The molecule has 1 saturated heterocycles. The molecule has 1 aromatic rings. The summed E-state index contributed by atoms with van der Waals surface area (Å²) in [6.07, 6.45) is 1.13. The van der Waals surface area contributed by atoms with E-state index in [0.29, 0.717) is 19.8 Å². The largest absolute Gasteiger partial charge is 0.463 e. The third-order valence-corrected chi connectivity index (χ3v) is 1.93. The Morgan fingerprint density at radius 2 is 2.40 bits per heavy atom. The summed E-state index contributed by atoms with van der Waals surface area (Å²) in [5, 5.41) is 3.92. The molecule has 0 unspecified atom stereocenters. The van der Waals surface area contributed by atoms with Gasteiger partial charge in [-0.05, 0) is 0 Å². The molecule has 1 aromatic heterocycles. The third kappa shape index (κ3) is 2.31. The number of esters is 1. The van der Waals surface area contributed by atoms with Gasteiger partial charge in [-0.1, -0.05) is 0 Å². The van der Waals surface area contributed by atoms with E-state index in [4.69, 9.17) is 9.47 Å². The van der Waals surface area contributed by atoms with E-state index in [9.17, 15) is 4.79 Å². The van der Waals surface area contributed by atoms with Crippen molar-refractivity contribution in [2.24, 2.45) is 0 Å². The van der Waals surface area contributed by atoms with Gasteiger partial charge in [-0.25, -0.2) is 14.5 Å². The maximum Gasteiger partial charge on any atom is 0.377 e. The monoisotopic (exact) mass is 213 g/mol. The van der Waals surface area contributed by atoms with Crippen LogP contribution in [0.3, 0.4) is 0 Å². The number of carbonyl (C=O) groups is 1. The predicted octanol–water partition coefficient (Wildman–Crippen LogP) is -0.562. The quantitative estimate of drug-likeness (QED) is 0.626. The number of carbonyl (C=O) groups excluding carboxylic acids is 1. The van der Waals surface area contributed by atoms with Crippen LogP contribution in [0.15, 0.2) is 6.33 Å². The highest BCUT2D eigenvalue weighted by Crippen LogP contribution is 2.05. The second-order valence-electron chi connectivity index (χ2n) is 2.95. The van der Waals surface area contributed by atoms with Crippen LogP contribution in [0.25, 0.3) is 0 Å². The summed E-state index contributed by atoms with van der Waals surface area (Å²) >= 11 is 0. The van der Waals surface area contributed by atoms with Crippen molar-refractivity contribution < 1.29 is 19.0 Å². The highest BCUT2D eigenvalue weighted by Gasteiger charge is 2.18. The van der Waals surface area contributed by atoms with Gasteiger partial charge < -0.3 is 14.2 Å². The lowest BCUT2D eigenvalue weighted by atomic mass is 10.6. The Balaban J connectivity index is 1.97. The predicted molar refractivity (Wildman–Crippen MR) is 47.1 cm³/mol. The van der Waals surface area contributed by atoms with E-state index in [0.717, 1.165) is 0 Å². The van der Waals surface area contributed by atoms with Gasteiger partial charge in [0.2, 0.25) is 0 Å². The molecule has 7 nitrogen and oxygen atoms in total. The summed E-state index contributed by atoms with van der Waals surface area (Å²) < 4.78 is 16.4. The average Bonchev–Trinajstić information content (AvgIpc) is 2.88. The van der Waals surface area contributed by atoms with Crippen molar-refractivity contribution >= 4 is 5.97 Å². The minimum Gasteiger partial charge on any atom is -0.463 e. The Kier molecular flexibility index (Phi) is 2.93. The molecule has 0 spiro atoms. The number of rotatable bonds is 3. The van der Waals surface area contributed by atoms with Gasteiger partial charge in [0.1, 0.15) is 6.33 Å². The van der Waals surface area contributed by atoms with E-state index >= 15 is 0 Å². The Hall–Kier alpha value is -1.47. The van der Waals surface area contributed by atoms with Crippen molar-refractivity contribution in [3.63, 3.8) is 0 Å². The summed E-state index contributed by atoms with van der Waals surface area (Å²) in [6.45, 7) is 1.59. The standard InChI is InChI=1S/C8H11N3O4/c1-13-8(12)7-9-5-11(10-7)4-6-14-2-3-15-6/h5-6H,2-4H2,1H3. The highest BCUT2D eigenvalue weighted by molar-refractivity contribution is 5.84. The van der Waals surface area contributed by atoms with Crippen LogP contribution in [0.1, 0.15) is 10.6 Å². The van der Waals surface area contributed by atoms with E-state index in [1.54, 1.807) is 0 Å². The molecule has 2 heterocycles. The summed E-state index contributed by atoms with van der Waals surface area (Å²) in [7, 11) is 1.28. The normalized spacial score (nSPS) is 16.9. The van der Waals surface area contributed by atoms with Crippen LogP contribution in [0.2, 0.25) is 0 Å². The van der Waals surface area contributed by atoms with E-state index in [1.807, 2.05) is 0 Å². The van der Waals surface area contributed by atoms with Gasteiger partial charge in [0, 0.05) is 0 Å². The minimum atomic E-state index is -0.554. The number of hydrogen-bond donors (Lipinski definition) is 0. The van der Waals surface area contributed by atoms with Gasteiger partial charge >= 0.3 is 5.97 Å². The van der Waals surface area contributed by atoms with Crippen LogP contribution >= 0.6 is 0 Å². The van der Waals surface area contributed by atoms with Crippen molar-refractivity contribution in [3.05, 3.63) is 12.2 Å². The van der Waals surface area contributed by atoms with Gasteiger partial charge in [-0.3, -0.25) is 0 Å². The average molecular weight is 213 g/mol. The molecular weight excluding hydrogens is 202 g/mol. The molecule has 15 heavy (non-hydrogen) atoms. The highest BCUT2D eigenvalue weighted by atomic mass is 16.7. The molecule has 0 atom stereocenters. The van der Waals surface area contributed by atoms with Crippen LogP contribution in [-0.4, -0.2) is 47.3 Å². The first-order valence-electron chi connectivity index (χ1n) is 4.50. The lowest BCUT2D eigenvalue weighted by Gasteiger charge is -2.07. The van der Waals surface area contributed by atoms with Crippen LogP contribution in [0.4, 0.5) is 0 Å². The molecule has 0 radical (unpaired) electrons. The maximum atomic E-state index is 11.0. The molecule has 1 aliphatic rings. The molecule has 7 heteroatoms. The number of methoxy groups -OCH3 is 1. The molecular formula is C8H11N3O4. The number of hydrogen-bond acceptors (Lipinski definition) is 6. The Labute approximate surface area is 85.9 Å². The van der Waals surface area contributed by atoms with Gasteiger partial charge in [0.25, 0.3) is 5.82 Å². The molecule has 0 bridgehead atoms. The van der Waals surface area contributed by atoms with Crippen LogP contribution in [0, 0.1) is 0 Å². The molecule has 2 rings (SSSR count). The van der Waals surface area contributed by atoms with E-state index in [-0.39, 0.29) is 12.1 Å². The fraction of sp³-hybridized carbons (Fsp3) is 0.625. The SMILES string of the molecule is COC(=O)c1ncn(CC2OCCO2)n1. The van der Waals surface area contributed by atoms with Crippen LogP contribution in [-0.2, 0) is 20.8 Å². The van der Waals surface area contributed by atoms with Crippen molar-refractivity contribution in [2.45, 2.75) is 12.8 Å². The molecule has 0 amide bonds. The number of aromatic nitrogens is 3. The minimum absolute atomic E-state index is 0.0375. The topological polar surface area (TPSA) is 75.5 Å². The number of ether oxygens (including phenoxy) is 3. The van der Waals surface area contributed by atoms with Crippen LogP contribution < -0.4 is 0 Å². The van der Waals surface area contributed by atoms with Crippen molar-refractivity contribution in [3.8, 4) is 0 Å². The van der Waals surface area contributed by atoms with Crippen molar-refractivity contribution in [2.75, 3.05) is 20.3 Å². The van der Waals surface area contributed by atoms with Gasteiger partial charge in [-0.2, -0.15) is 0 Å². The summed E-state index contributed by atoms with van der Waals surface area (Å²) in [5.74, 6) is -0.516. The van der Waals surface area contributed by atoms with E-state index < -0.39 is 5.97 Å². The van der Waals surface area contributed by atoms with Gasteiger partial charge in [0.15, 0.2) is 6.29 Å². The fourth-order valence-electron chi connectivity index (χ4n) is 1.23. The van der Waals surface area contributed by atoms with Crippen molar-refractivity contribution in [1.82, 2.24) is 14.8 Å². The number of nitrogens with zero attached hydrogens (tertiary/aromatic N) is 3. The Bertz CT molecular complexity index is 345. The summed E-state index contributed by atoms with van der Waals surface area (Å²) in [5.41, 5.74) is 0. The van der Waals surface area contributed by atoms with Gasteiger partial charge in [0.05, 0.1) is 26.9 Å². The molecule has 1 aliphatic heterocycles. The third-order valence-electron chi connectivity index (χ3n) is 1.93. The first-order chi connectivity index (χ1) is 7.29. The first kappa shape index (κ1) is 10.1. The second-order valence-corrected chi connectivity index (χ2v) is 2.95. The molecule has 0 saturated carbocycles. The molecule has 1 fully saturated rings. The summed E-state index contributed by atoms with van der Waals surface area (Å²) in [6, 6.07) is 0. The fourth-order valence-corrected chi connectivity index (χ4v) is 1.23. The first-order valence-corrected chi connectivity index (χ1v) is 4.50. The lowest BCUT2D eigenvalue weighted by molar-refractivity contribution is -0.0546. The van der Waals surface area contributed by atoms with E-state index in [1.165, 1.54) is 18.1 Å². The zero-order valence-corrected chi connectivity index (χ0v) is 8.25. The Morgan fingerprint density at radius 1 is 1.67 bits per heavy atom. The van der Waals surface area contributed by atoms with Crippen LogP contribution in [0.5, 0.6) is 0 Å². The molecule has 0 N–H and O–H groups in total. The zero-order valence-electron chi connectivity index (χ0n) is 8.25. The van der Waals surface area contributed by atoms with Gasteiger partial charge in [-0.15, -0.1) is 5.10 Å². The Morgan fingerprint density at radius 3 is 3.07 bits per heavy atom. The molecule has 0 aliphatic carbocycles. The van der Waals surface area contributed by atoms with Crippen molar-refractivity contribution in [1.29, 1.82) is 0 Å². The zero-order chi connectivity index (χ0) is 10.7. The molecule has 0 aromatic carbocycles. The smallest absolute Gasteiger partial charge is 0.377 e. The van der Waals surface area contributed by atoms with E-state index in [2.05, 4.69) is 14.8 Å². The summed E-state index contributed by atoms with van der Waals surface area (Å²) in [4.78, 5) is 14.8. The second kappa shape index (κ2) is 4.37. The lowest BCUT2D eigenvalue weighted by Crippen LogP contribution is -2.17.